The van der Waals surface area contributed by atoms with Crippen LogP contribution in [0.1, 0.15) is 24.8 Å². The van der Waals surface area contributed by atoms with Gasteiger partial charge in [-0.3, -0.25) is 4.79 Å². The Kier molecular flexibility index (Phi) is 8.08. The second kappa shape index (κ2) is 12.0. The maximum atomic E-state index is 12.5. The van der Waals surface area contributed by atoms with Gasteiger partial charge in [0.15, 0.2) is 5.65 Å². The van der Waals surface area contributed by atoms with Gasteiger partial charge in [-0.1, -0.05) is 24.8 Å². The average Bonchev–Trinajstić information content (AvgIpc) is 3.43. The number of benzene rings is 1. The quantitative estimate of drug-likeness (QED) is 0.308. The molecule has 3 aliphatic heterocycles. The van der Waals surface area contributed by atoms with Crippen molar-refractivity contribution in [3.05, 3.63) is 60.0 Å². The van der Waals surface area contributed by atoms with Gasteiger partial charge in [0.2, 0.25) is 12.5 Å². The molecular weight excluding hydrogens is 534 g/mol. The zero-order valence-corrected chi connectivity index (χ0v) is 24.3. The maximum Gasteiger partial charge on any atom is 0.320 e. The molecule has 0 spiro atoms. The van der Waals surface area contributed by atoms with Crippen molar-refractivity contribution in [3.63, 3.8) is 0 Å². The Morgan fingerprint density at radius 3 is 2.88 bits per heavy atom. The van der Waals surface area contributed by atoms with E-state index in [2.05, 4.69) is 58.6 Å². The highest BCUT2D eigenvalue weighted by molar-refractivity contribution is 7.99. The van der Waals surface area contributed by atoms with Gasteiger partial charge in [0.1, 0.15) is 18.5 Å². The van der Waals surface area contributed by atoms with Crippen molar-refractivity contribution in [3.8, 4) is 17.3 Å². The lowest BCUT2D eigenvalue weighted by Crippen LogP contribution is -2.56. The normalized spacial score (nSPS) is 21.0. The molecule has 3 aliphatic rings. The molecule has 9 nitrogen and oxygen atoms in total. The third-order valence-electron chi connectivity index (χ3n) is 8.35. The number of hydrogen-bond donors (Lipinski definition) is 0. The van der Waals surface area contributed by atoms with Crippen LogP contribution in [-0.2, 0) is 11.2 Å². The molecule has 212 valence electrons. The first kappa shape index (κ1) is 27.5. The molecule has 2 fully saturated rings. The van der Waals surface area contributed by atoms with Gasteiger partial charge in [-0.25, -0.2) is 11.6 Å². The van der Waals surface area contributed by atoms with Gasteiger partial charge >= 0.3 is 6.01 Å². The highest BCUT2D eigenvalue weighted by atomic mass is 32.2. The number of thioether (sulfide) groups is 1. The van der Waals surface area contributed by atoms with E-state index in [0.717, 1.165) is 54.0 Å². The Bertz CT molecular complexity index is 1510. The Hall–Kier alpha value is -3.68. The van der Waals surface area contributed by atoms with Crippen LogP contribution in [0.15, 0.2) is 47.9 Å². The molecule has 1 aromatic carbocycles. The fourth-order valence-corrected chi connectivity index (χ4v) is 7.27. The van der Waals surface area contributed by atoms with Crippen LogP contribution in [0.3, 0.4) is 0 Å². The van der Waals surface area contributed by atoms with Gasteiger partial charge in [-0.2, -0.15) is 9.97 Å². The summed E-state index contributed by atoms with van der Waals surface area (Å²) in [6, 6.07) is 11.0. The van der Waals surface area contributed by atoms with E-state index in [0.29, 0.717) is 43.9 Å². The molecule has 10 heteroatoms. The highest BCUT2D eigenvalue weighted by Gasteiger charge is 2.33. The van der Waals surface area contributed by atoms with Crippen LogP contribution in [0.4, 0.5) is 5.82 Å². The minimum atomic E-state index is -0.256. The van der Waals surface area contributed by atoms with Crippen LogP contribution < -0.4 is 9.64 Å². The summed E-state index contributed by atoms with van der Waals surface area (Å²) in [6.07, 6.45) is 5.86. The summed E-state index contributed by atoms with van der Waals surface area (Å²) in [7, 11) is 2.13. The molecule has 2 saturated heterocycles. The van der Waals surface area contributed by atoms with E-state index in [-0.39, 0.29) is 18.5 Å². The number of likely N-dealkylation sites (N-methyl/N-ethyl adjacent to an activating group) is 1. The Morgan fingerprint density at radius 1 is 1.17 bits per heavy atom. The Morgan fingerprint density at radius 2 is 2.07 bits per heavy atom. The van der Waals surface area contributed by atoms with E-state index in [4.69, 9.17) is 26.3 Å². The van der Waals surface area contributed by atoms with E-state index in [1.54, 1.807) is 4.90 Å². The lowest BCUT2D eigenvalue weighted by Gasteiger charge is -2.39. The van der Waals surface area contributed by atoms with Gasteiger partial charge in [-0.05, 0) is 68.8 Å². The number of pyridine rings is 1. The number of likely N-dealkylation sites (tertiary alicyclic amines) is 1. The summed E-state index contributed by atoms with van der Waals surface area (Å²) in [6.45, 7) is 14.5. The molecule has 41 heavy (non-hydrogen) atoms. The minimum Gasteiger partial charge on any atom is -0.462 e. The van der Waals surface area contributed by atoms with E-state index in [9.17, 15) is 4.79 Å². The standard InChI is InChI=1S/C31H35N7O2S/c1-4-27(39)38-16-15-37(19-23(38)18-32-2)30-25-12-13-26(24-11-5-8-21-9-7-17-41-28(21)24)33-29(25)34-31(35-30)40-20-22-10-6-14-36(22)3/h4-5,8,11-13,22-23H,1,6-7,9-10,14-20H2,3H3/t22-,23-/m0/s1. The van der Waals surface area contributed by atoms with Crippen LogP contribution in [0.25, 0.3) is 27.1 Å². The fourth-order valence-electron chi connectivity index (χ4n) is 6.10. The molecule has 0 aliphatic carbocycles. The van der Waals surface area contributed by atoms with E-state index in [1.807, 2.05) is 11.8 Å². The van der Waals surface area contributed by atoms with Crippen molar-refractivity contribution in [1.82, 2.24) is 24.8 Å². The third-order valence-corrected chi connectivity index (χ3v) is 9.61. The molecule has 2 atom stereocenters. The zero-order chi connectivity index (χ0) is 28.3. The number of anilines is 1. The van der Waals surface area contributed by atoms with Gasteiger partial charge in [0.25, 0.3) is 0 Å². The van der Waals surface area contributed by atoms with E-state index < -0.39 is 0 Å². The van der Waals surface area contributed by atoms with Crippen molar-refractivity contribution in [1.29, 1.82) is 0 Å². The molecule has 3 aromatic rings. The van der Waals surface area contributed by atoms with Gasteiger partial charge in [-0.15, -0.1) is 11.8 Å². The number of piperazine rings is 1. The smallest absolute Gasteiger partial charge is 0.320 e. The maximum absolute atomic E-state index is 12.5. The number of fused-ring (bicyclic) bond motifs is 2. The molecular formula is C31H35N7O2S. The summed E-state index contributed by atoms with van der Waals surface area (Å²) in [5.74, 6) is 1.70. The molecule has 0 radical (unpaired) electrons. The molecule has 6 rings (SSSR count). The second-order valence-electron chi connectivity index (χ2n) is 10.9. The third kappa shape index (κ3) is 5.61. The molecule has 0 N–H and O–H groups in total. The summed E-state index contributed by atoms with van der Waals surface area (Å²) in [5, 5.41) is 0.835. The largest absolute Gasteiger partial charge is 0.462 e. The first-order valence-corrected chi connectivity index (χ1v) is 15.3. The molecule has 0 saturated carbocycles. The highest BCUT2D eigenvalue weighted by Crippen LogP contribution is 2.39. The van der Waals surface area contributed by atoms with Crippen molar-refractivity contribution in [2.45, 2.75) is 42.7 Å². The predicted octanol–water partition coefficient (Wildman–Crippen LogP) is 4.33. The van der Waals surface area contributed by atoms with E-state index in [1.165, 1.54) is 23.0 Å². The van der Waals surface area contributed by atoms with Gasteiger partial charge in [0.05, 0.1) is 11.1 Å². The fraction of sp³-hybridized carbons (Fsp3) is 0.452. The number of hydrogen-bond acceptors (Lipinski definition) is 8. The minimum absolute atomic E-state index is 0.147. The van der Waals surface area contributed by atoms with Gasteiger partial charge in [0, 0.05) is 36.1 Å². The van der Waals surface area contributed by atoms with Crippen molar-refractivity contribution in [2.24, 2.45) is 0 Å². The number of carbonyl (C=O) groups excluding carboxylic acids is 1. The van der Waals surface area contributed by atoms with E-state index >= 15 is 0 Å². The SMILES string of the molecule is [C-]#[N+]C[C@H]1CN(c2nc(OC[C@@H]3CCCN3C)nc3nc(-c4cccc5c4SCCC5)ccc23)CCN1C(=O)C=C. The lowest BCUT2D eigenvalue weighted by atomic mass is 10.0. The lowest BCUT2D eigenvalue weighted by molar-refractivity contribution is -0.128. The number of amides is 1. The van der Waals surface area contributed by atoms with Crippen molar-refractivity contribution < 1.29 is 9.53 Å². The summed E-state index contributed by atoms with van der Waals surface area (Å²) < 4.78 is 6.23. The summed E-state index contributed by atoms with van der Waals surface area (Å²) >= 11 is 1.90. The summed E-state index contributed by atoms with van der Waals surface area (Å²) in [5.41, 5.74) is 4.00. The van der Waals surface area contributed by atoms with Crippen LogP contribution >= 0.6 is 11.8 Å². The van der Waals surface area contributed by atoms with Crippen molar-refractivity contribution in [2.75, 3.05) is 57.0 Å². The zero-order valence-electron chi connectivity index (χ0n) is 23.5. The Balaban J connectivity index is 1.38. The molecule has 1 amide bonds. The molecule has 5 heterocycles. The molecule has 0 unspecified atom stereocenters. The number of nitrogens with zero attached hydrogens (tertiary/aromatic N) is 7. The second-order valence-corrected chi connectivity index (χ2v) is 12.0. The molecule has 0 bridgehead atoms. The van der Waals surface area contributed by atoms with Crippen LogP contribution in [0.5, 0.6) is 6.01 Å². The average molecular weight is 570 g/mol. The predicted molar refractivity (Wildman–Crippen MR) is 162 cm³/mol. The monoisotopic (exact) mass is 569 g/mol. The topological polar surface area (TPSA) is 79.1 Å². The van der Waals surface area contributed by atoms with Gasteiger partial charge < -0.3 is 24.3 Å². The van der Waals surface area contributed by atoms with Crippen LogP contribution in [0.2, 0.25) is 0 Å². The first-order valence-electron chi connectivity index (χ1n) is 14.3. The van der Waals surface area contributed by atoms with Crippen LogP contribution in [-0.4, -0.2) is 94.9 Å². The number of aryl methyl sites for hydroxylation is 1. The molecule has 2 aromatic heterocycles. The number of rotatable bonds is 7. The van der Waals surface area contributed by atoms with Crippen molar-refractivity contribution >= 4 is 34.5 Å². The summed E-state index contributed by atoms with van der Waals surface area (Å²) in [4.78, 5) is 38.4. The number of aromatic nitrogens is 3. The number of ether oxygens (including phenoxy) is 1. The number of carbonyl (C=O) groups is 1. The first-order chi connectivity index (χ1) is 20.1. The Labute approximate surface area is 245 Å². The van der Waals surface area contributed by atoms with Crippen LogP contribution in [0, 0.1) is 6.57 Å².